The van der Waals surface area contributed by atoms with Crippen LogP contribution in [-0.2, 0) is 11.3 Å². The average Bonchev–Trinajstić information content (AvgIpc) is 3.13. The highest BCUT2D eigenvalue weighted by molar-refractivity contribution is 5.84. The number of aryl methyl sites for hydroxylation is 4. The minimum atomic E-state index is -0.763. The number of carbonyl (C=O) groups is 1. The number of fused-ring (bicyclic) bond motifs is 1. The molecule has 1 unspecified atom stereocenters. The molecule has 2 aromatic heterocycles. The van der Waals surface area contributed by atoms with Gasteiger partial charge >= 0.3 is 0 Å². The number of aromatic nitrogens is 4. The van der Waals surface area contributed by atoms with Gasteiger partial charge in [0.15, 0.2) is 5.52 Å². The SMILES string of the molecule is Cc1ccc(CNC(=O)C(C)n2nc(C)c3c(C)n(-c4ccc(C)cc4)nc3c2=O)cc1. The number of hydrogen-bond donors (Lipinski definition) is 1. The van der Waals surface area contributed by atoms with Crippen LogP contribution in [0.5, 0.6) is 0 Å². The number of rotatable bonds is 5. The van der Waals surface area contributed by atoms with Crippen LogP contribution in [0.4, 0.5) is 0 Å². The van der Waals surface area contributed by atoms with Crippen LogP contribution in [0.3, 0.4) is 0 Å². The average molecular weight is 430 g/mol. The second-order valence-corrected chi connectivity index (χ2v) is 8.27. The lowest BCUT2D eigenvalue weighted by Crippen LogP contribution is -2.37. The zero-order chi connectivity index (χ0) is 23.0. The molecular weight excluding hydrogens is 402 g/mol. The summed E-state index contributed by atoms with van der Waals surface area (Å²) in [6.45, 7) is 9.86. The van der Waals surface area contributed by atoms with Crippen LogP contribution in [0.15, 0.2) is 53.3 Å². The molecule has 7 nitrogen and oxygen atoms in total. The summed E-state index contributed by atoms with van der Waals surface area (Å²) in [6, 6.07) is 15.1. The maximum atomic E-state index is 13.2. The van der Waals surface area contributed by atoms with Gasteiger partial charge in [-0.05, 0) is 52.3 Å². The smallest absolute Gasteiger partial charge is 0.295 e. The van der Waals surface area contributed by atoms with E-state index < -0.39 is 6.04 Å². The molecule has 2 aromatic carbocycles. The number of carbonyl (C=O) groups excluding carboxylic acids is 1. The van der Waals surface area contributed by atoms with Gasteiger partial charge in [0.05, 0.1) is 22.5 Å². The molecule has 0 aliphatic heterocycles. The normalized spacial score (nSPS) is 12.2. The van der Waals surface area contributed by atoms with E-state index in [1.54, 1.807) is 11.6 Å². The molecule has 4 rings (SSSR count). The van der Waals surface area contributed by atoms with Crippen molar-refractivity contribution < 1.29 is 4.79 Å². The number of hydrogen-bond acceptors (Lipinski definition) is 4. The largest absolute Gasteiger partial charge is 0.350 e. The van der Waals surface area contributed by atoms with Crippen molar-refractivity contribution >= 4 is 16.8 Å². The van der Waals surface area contributed by atoms with Gasteiger partial charge in [0.25, 0.3) is 5.56 Å². The first kappa shape index (κ1) is 21.5. The Morgan fingerprint density at radius 1 is 0.938 bits per heavy atom. The highest BCUT2D eigenvalue weighted by Gasteiger charge is 2.23. The van der Waals surface area contributed by atoms with E-state index in [9.17, 15) is 9.59 Å². The van der Waals surface area contributed by atoms with Crippen LogP contribution in [0.2, 0.25) is 0 Å². The third-order valence-corrected chi connectivity index (χ3v) is 5.76. The predicted molar refractivity (Wildman–Crippen MR) is 125 cm³/mol. The summed E-state index contributed by atoms with van der Waals surface area (Å²) in [5.41, 5.74) is 5.62. The van der Waals surface area contributed by atoms with Gasteiger partial charge in [0.2, 0.25) is 5.91 Å². The standard InChI is InChI=1S/C25H27N5O2/c1-15-6-10-20(11-7-15)14-26-24(31)19(5)30-25(32)23-22(17(3)27-30)18(4)29(28-23)21-12-8-16(2)9-13-21/h6-13,19H,14H2,1-5H3,(H,26,31). The molecule has 0 bridgehead atoms. The Labute approximate surface area is 186 Å². The first-order valence-electron chi connectivity index (χ1n) is 10.7. The fourth-order valence-electron chi connectivity index (χ4n) is 3.80. The lowest BCUT2D eigenvalue weighted by Gasteiger charge is -2.15. The number of benzene rings is 2. The molecule has 7 heteroatoms. The molecule has 0 spiro atoms. The van der Waals surface area contributed by atoms with E-state index >= 15 is 0 Å². The van der Waals surface area contributed by atoms with Crippen LogP contribution in [0, 0.1) is 27.7 Å². The van der Waals surface area contributed by atoms with Crippen LogP contribution < -0.4 is 10.9 Å². The van der Waals surface area contributed by atoms with Crippen molar-refractivity contribution in [3.63, 3.8) is 0 Å². The Balaban J connectivity index is 1.66. The fraction of sp³-hybridized carbons (Fsp3) is 0.280. The molecule has 0 saturated carbocycles. The van der Waals surface area contributed by atoms with Gasteiger partial charge < -0.3 is 5.32 Å². The van der Waals surface area contributed by atoms with Gasteiger partial charge in [-0.25, -0.2) is 9.36 Å². The summed E-state index contributed by atoms with van der Waals surface area (Å²) >= 11 is 0. The van der Waals surface area contributed by atoms with Gasteiger partial charge in [-0.2, -0.15) is 10.2 Å². The first-order valence-corrected chi connectivity index (χ1v) is 10.7. The summed E-state index contributed by atoms with van der Waals surface area (Å²) < 4.78 is 2.99. The van der Waals surface area contributed by atoms with Crippen molar-refractivity contribution in [2.75, 3.05) is 0 Å². The second kappa shape index (κ2) is 8.42. The molecule has 0 aliphatic rings. The van der Waals surface area contributed by atoms with Gasteiger partial charge in [0.1, 0.15) is 6.04 Å². The van der Waals surface area contributed by atoms with E-state index in [0.29, 0.717) is 17.8 Å². The summed E-state index contributed by atoms with van der Waals surface area (Å²) in [5, 5.41) is 12.7. The summed E-state index contributed by atoms with van der Waals surface area (Å²) in [7, 11) is 0. The van der Waals surface area contributed by atoms with Gasteiger partial charge in [-0.3, -0.25) is 9.59 Å². The molecule has 0 fully saturated rings. The lowest BCUT2D eigenvalue weighted by atomic mass is 10.1. The van der Waals surface area contributed by atoms with Crippen molar-refractivity contribution in [2.45, 2.75) is 47.2 Å². The van der Waals surface area contributed by atoms with E-state index in [-0.39, 0.29) is 11.5 Å². The molecule has 1 atom stereocenters. The molecule has 0 aliphatic carbocycles. The highest BCUT2D eigenvalue weighted by atomic mass is 16.2. The summed E-state index contributed by atoms with van der Waals surface area (Å²) in [4.78, 5) is 26.0. The Morgan fingerprint density at radius 2 is 1.53 bits per heavy atom. The molecule has 1 N–H and O–H groups in total. The molecule has 1 amide bonds. The molecule has 0 radical (unpaired) electrons. The Bertz CT molecular complexity index is 1350. The first-order chi connectivity index (χ1) is 15.3. The van der Waals surface area contributed by atoms with Crippen molar-refractivity contribution in [1.29, 1.82) is 0 Å². The molecule has 2 heterocycles. The van der Waals surface area contributed by atoms with Crippen LogP contribution in [-0.4, -0.2) is 25.5 Å². The van der Waals surface area contributed by atoms with E-state index in [1.165, 1.54) is 4.68 Å². The molecule has 4 aromatic rings. The Kier molecular flexibility index (Phi) is 5.65. The van der Waals surface area contributed by atoms with E-state index in [2.05, 4.69) is 15.5 Å². The third kappa shape index (κ3) is 3.93. The summed E-state index contributed by atoms with van der Waals surface area (Å²) in [5.74, 6) is -0.270. The number of nitrogens with one attached hydrogen (secondary N) is 1. The second-order valence-electron chi connectivity index (χ2n) is 8.27. The molecular formula is C25H27N5O2. The lowest BCUT2D eigenvalue weighted by molar-refractivity contribution is -0.124. The van der Waals surface area contributed by atoms with Crippen LogP contribution in [0.1, 0.15) is 41.0 Å². The van der Waals surface area contributed by atoms with Crippen LogP contribution in [0.25, 0.3) is 16.6 Å². The quantitative estimate of drug-likeness (QED) is 0.525. The van der Waals surface area contributed by atoms with Crippen molar-refractivity contribution in [3.8, 4) is 5.69 Å². The highest BCUT2D eigenvalue weighted by Crippen LogP contribution is 2.22. The molecule has 0 saturated heterocycles. The van der Waals surface area contributed by atoms with Gasteiger partial charge in [-0.1, -0.05) is 47.5 Å². The maximum absolute atomic E-state index is 13.2. The number of nitrogens with zero attached hydrogens (tertiary/aromatic N) is 4. The topological polar surface area (TPSA) is 81.8 Å². The van der Waals surface area contributed by atoms with Gasteiger partial charge in [-0.15, -0.1) is 0 Å². The van der Waals surface area contributed by atoms with Crippen molar-refractivity contribution in [2.24, 2.45) is 0 Å². The minimum absolute atomic E-state index is 0.270. The van der Waals surface area contributed by atoms with E-state index in [0.717, 1.165) is 33.5 Å². The van der Waals surface area contributed by atoms with Crippen molar-refractivity contribution in [1.82, 2.24) is 24.9 Å². The van der Waals surface area contributed by atoms with Gasteiger partial charge in [0, 0.05) is 6.54 Å². The van der Waals surface area contributed by atoms with E-state index in [4.69, 9.17) is 0 Å². The predicted octanol–water partition coefficient (Wildman–Crippen LogP) is 3.69. The van der Waals surface area contributed by atoms with E-state index in [1.807, 2.05) is 76.2 Å². The zero-order valence-electron chi connectivity index (χ0n) is 19.0. The Hall–Kier alpha value is -3.74. The summed E-state index contributed by atoms with van der Waals surface area (Å²) in [6.07, 6.45) is 0. The zero-order valence-corrected chi connectivity index (χ0v) is 19.0. The minimum Gasteiger partial charge on any atom is -0.350 e. The number of amides is 1. The fourth-order valence-corrected chi connectivity index (χ4v) is 3.80. The third-order valence-electron chi connectivity index (χ3n) is 5.76. The monoisotopic (exact) mass is 429 g/mol. The molecule has 164 valence electrons. The maximum Gasteiger partial charge on any atom is 0.295 e. The molecule has 32 heavy (non-hydrogen) atoms. The van der Waals surface area contributed by atoms with Crippen LogP contribution >= 0.6 is 0 Å². The van der Waals surface area contributed by atoms with Crippen molar-refractivity contribution in [3.05, 3.63) is 87.0 Å². The Morgan fingerprint density at radius 3 is 2.16 bits per heavy atom.